The summed E-state index contributed by atoms with van der Waals surface area (Å²) in [6, 6.07) is 7.86. The number of hydrogen-bond acceptors (Lipinski definition) is 4. The first-order valence-corrected chi connectivity index (χ1v) is 9.13. The van der Waals surface area contributed by atoms with E-state index in [1.165, 1.54) is 22.9 Å². The van der Waals surface area contributed by atoms with Crippen molar-refractivity contribution in [2.24, 2.45) is 0 Å². The molecule has 0 unspecified atom stereocenters. The number of rotatable bonds is 4. The Balaban J connectivity index is 1.48. The minimum Gasteiger partial charge on any atom is -0.493 e. The molecule has 9 heteroatoms. The van der Waals surface area contributed by atoms with Crippen LogP contribution in [0, 0.1) is 0 Å². The summed E-state index contributed by atoms with van der Waals surface area (Å²) in [5.41, 5.74) is 0.151. The molecule has 0 radical (unpaired) electrons. The fourth-order valence-corrected chi connectivity index (χ4v) is 3.37. The molecule has 3 heterocycles. The molecule has 0 aliphatic carbocycles. The number of benzene rings is 1. The number of imidazole rings is 1. The Hall–Kier alpha value is -3.23. The number of alkyl halides is 3. The first-order valence-electron chi connectivity index (χ1n) is 9.13. The van der Waals surface area contributed by atoms with Crippen LogP contribution in [0.15, 0.2) is 47.4 Å². The van der Waals surface area contributed by atoms with Gasteiger partial charge in [-0.25, -0.2) is 14.3 Å². The summed E-state index contributed by atoms with van der Waals surface area (Å²) < 4.78 is 46.1. The highest BCUT2D eigenvalue weighted by atomic mass is 19.4. The van der Waals surface area contributed by atoms with Crippen molar-refractivity contribution in [3.63, 3.8) is 0 Å². The molecule has 2 aromatic heterocycles. The third kappa shape index (κ3) is 3.72. The van der Waals surface area contributed by atoms with E-state index in [4.69, 9.17) is 4.74 Å². The standard InChI is InChI=1S/C20H18F3N3O3/c21-20(22,23)14-6-4-13(5-7-14)12-29-15-8-9-17(24-11-15)26-18(27)16-3-1-2-10-25(16)19(26)28/h4-9,11,27H,1-3,10,12H2. The zero-order chi connectivity index (χ0) is 20.6. The Labute approximate surface area is 163 Å². The maximum Gasteiger partial charge on any atom is 0.416 e. The van der Waals surface area contributed by atoms with Crippen LogP contribution < -0.4 is 10.4 Å². The van der Waals surface area contributed by atoms with E-state index in [2.05, 4.69) is 4.98 Å². The van der Waals surface area contributed by atoms with E-state index in [9.17, 15) is 23.1 Å². The lowest BCUT2D eigenvalue weighted by Gasteiger charge is -2.11. The molecule has 0 saturated carbocycles. The van der Waals surface area contributed by atoms with Gasteiger partial charge in [-0.05, 0) is 49.1 Å². The van der Waals surface area contributed by atoms with E-state index in [1.807, 2.05) is 0 Å². The Morgan fingerprint density at radius 1 is 1.10 bits per heavy atom. The van der Waals surface area contributed by atoms with Crippen LogP contribution in [0.3, 0.4) is 0 Å². The molecule has 0 bridgehead atoms. The summed E-state index contributed by atoms with van der Waals surface area (Å²) >= 11 is 0. The molecule has 4 rings (SSSR count). The van der Waals surface area contributed by atoms with Gasteiger partial charge in [-0.3, -0.25) is 4.57 Å². The van der Waals surface area contributed by atoms with E-state index in [1.54, 1.807) is 16.7 Å². The zero-order valence-corrected chi connectivity index (χ0v) is 15.3. The van der Waals surface area contributed by atoms with E-state index >= 15 is 0 Å². The molecule has 152 valence electrons. The molecule has 0 amide bonds. The summed E-state index contributed by atoms with van der Waals surface area (Å²) in [5.74, 6) is 0.571. The lowest BCUT2D eigenvalue weighted by molar-refractivity contribution is -0.137. The van der Waals surface area contributed by atoms with Crippen LogP contribution in [0.25, 0.3) is 5.82 Å². The number of fused-ring (bicyclic) bond motifs is 1. The monoisotopic (exact) mass is 405 g/mol. The van der Waals surface area contributed by atoms with E-state index < -0.39 is 11.7 Å². The Bertz CT molecular complexity index is 1070. The highest BCUT2D eigenvalue weighted by Gasteiger charge is 2.30. The Morgan fingerprint density at radius 3 is 2.48 bits per heavy atom. The van der Waals surface area contributed by atoms with Crippen molar-refractivity contribution >= 4 is 0 Å². The van der Waals surface area contributed by atoms with E-state index in [-0.39, 0.29) is 24.0 Å². The molecule has 29 heavy (non-hydrogen) atoms. The van der Waals surface area contributed by atoms with Gasteiger partial charge >= 0.3 is 11.9 Å². The predicted octanol–water partition coefficient (Wildman–Crippen LogP) is 3.67. The van der Waals surface area contributed by atoms with Crippen LogP contribution in [0.5, 0.6) is 11.6 Å². The summed E-state index contributed by atoms with van der Waals surface area (Å²) in [4.78, 5) is 16.7. The molecule has 6 nitrogen and oxygen atoms in total. The van der Waals surface area contributed by atoms with Crippen molar-refractivity contribution in [1.29, 1.82) is 0 Å². The number of aromatic hydroxyl groups is 1. The minimum atomic E-state index is -4.37. The third-order valence-corrected chi connectivity index (χ3v) is 4.90. The van der Waals surface area contributed by atoms with Crippen LogP contribution in [0.2, 0.25) is 0 Å². The summed E-state index contributed by atoms with van der Waals surface area (Å²) in [7, 11) is 0. The molecular formula is C20H18F3N3O3. The van der Waals surface area contributed by atoms with Gasteiger partial charge in [0, 0.05) is 6.54 Å². The van der Waals surface area contributed by atoms with Crippen molar-refractivity contribution < 1.29 is 23.0 Å². The van der Waals surface area contributed by atoms with E-state index in [0.717, 1.165) is 25.0 Å². The van der Waals surface area contributed by atoms with Crippen molar-refractivity contribution in [2.75, 3.05) is 0 Å². The van der Waals surface area contributed by atoms with Crippen molar-refractivity contribution in [2.45, 2.75) is 38.6 Å². The topological polar surface area (TPSA) is 69.3 Å². The number of hydrogen-bond donors (Lipinski definition) is 1. The predicted molar refractivity (Wildman–Crippen MR) is 98.2 cm³/mol. The number of aromatic nitrogens is 3. The van der Waals surface area contributed by atoms with Gasteiger partial charge in [0.1, 0.15) is 18.2 Å². The summed E-state index contributed by atoms with van der Waals surface area (Å²) in [6.07, 6.45) is -0.521. The van der Waals surface area contributed by atoms with Crippen LogP contribution in [0.4, 0.5) is 13.2 Å². The lowest BCUT2D eigenvalue weighted by atomic mass is 10.1. The van der Waals surface area contributed by atoms with Crippen molar-refractivity contribution in [1.82, 2.24) is 14.1 Å². The van der Waals surface area contributed by atoms with Gasteiger partial charge in [-0.15, -0.1) is 0 Å². The molecule has 0 fully saturated rings. The largest absolute Gasteiger partial charge is 0.493 e. The zero-order valence-electron chi connectivity index (χ0n) is 15.3. The minimum absolute atomic E-state index is 0.0743. The molecule has 1 aliphatic rings. The van der Waals surface area contributed by atoms with Gasteiger partial charge in [-0.1, -0.05) is 12.1 Å². The first kappa shape index (κ1) is 19.1. The third-order valence-electron chi connectivity index (χ3n) is 4.90. The van der Waals surface area contributed by atoms with Crippen molar-refractivity contribution in [3.8, 4) is 17.4 Å². The first-order chi connectivity index (χ1) is 13.8. The van der Waals surface area contributed by atoms with E-state index in [0.29, 0.717) is 30.0 Å². The quantitative estimate of drug-likeness (QED) is 0.719. The van der Waals surface area contributed by atoms with Gasteiger partial charge in [0.05, 0.1) is 17.5 Å². The van der Waals surface area contributed by atoms with Gasteiger partial charge in [0.2, 0.25) is 5.88 Å². The van der Waals surface area contributed by atoms with Gasteiger partial charge in [0.15, 0.2) is 0 Å². The molecule has 1 aliphatic heterocycles. The van der Waals surface area contributed by atoms with Gasteiger partial charge in [0.25, 0.3) is 0 Å². The van der Waals surface area contributed by atoms with Gasteiger partial charge in [-0.2, -0.15) is 13.2 Å². The fraction of sp³-hybridized carbons (Fsp3) is 0.300. The number of nitrogens with zero attached hydrogens (tertiary/aromatic N) is 3. The smallest absolute Gasteiger partial charge is 0.416 e. The summed E-state index contributed by atoms with van der Waals surface area (Å²) in [5, 5.41) is 10.4. The second kappa shape index (κ2) is 7.31. The average molecular weight is 405 g/mol. The maximum atomic E-state index is 12.6. The van der Waals surface area contributed by atoms with Crippen LogP contribution >= 0.6 is 0 Å². The molecule has 1 N–H and O–H groups in total. The van der Waals surface area contributed by atoms with Crippen LogP contribution in [0.1, 0.15) is 29.7 Å². The molecule has 0 saturated heterocycles. The molecule has 3 aromatic rings. The average Bonchev–Trinajstić information content (AvgIpc) is 2.97. The van der Waals surface area contributed by atoms with Gasteiger partial charge < -0.3 is 9.84 Å². The SMILES string of the molecule is O=c1n2c(c(O)n1-c1ccc(OCc3ccc(C(F)(F)F)cc3)cn1)CCCC2. The van der Waals surface area contributed by atoms with Crippen LogP contribution in [-0.2, 0) is 25.7 Å². The molecule has 0 atom stereocenters. The second-order valence-electron chi connectivity index (χ2n) is 6.83. The second-order valence-corrected chi connectivity index (χ2v) is 6.83. The normalized spacial score (nSPS) is 13.9. The fourth-order valence-electron chi connectivity index (χ4n) is 3.37. The molecular weight excluding hydrogens is 387 g/mol. The Kier molecular flexibility index (Phi) is 4.81. The number of pyridine rings is 1. The lowest BCUT2D eigenvalue weighted by Crippen LogP contribution is -2.26. The number of ether oxygens (including phenoxy) is 1. The highest BCUT2D eigenvalue weighted by molar-refractivity contribution is 5.36. The molecule has 0 spiro atoms. The maximum absolute atomic E-state index is 12.6. The van der Waals surface area contributed by atoms with Crippen molar-refractivity contribution in [3.05, 3.63) is 69.9 Å². The highest BCUT2D eigenvalue weighted by Crippen LogP contribution is 2.29. The van der Waals surface area contributed by atoms with Crippen LogP contribution in [-0.4, -0.2) is 19.2 Å². The number of halogens is 3. The molecule has 1 aromatic carbocycles. The summed E-state index contributed by atoms with van der Waals surface area (Å²) in [6.45, 7) is 0.647. The Morgan fingerprint density at radius 2 is 1.86 bits per heavy atom.